The minimum absolute atomic E-state index is 0.233. The van der Waals surface area contributed by atoms with Gasteiger partial charge in [-0.3, -0.25) is 13.9 Å². The lowest BCUT2D eigenvalue weighted by Gasteiger charge is -2.43. The van der Waals surface area contributed by atoms with Crippen LogP contribution >= 0.6 is 19.5 Å². The molecule has 2 unspecified atom stereocenters. The zero-order valence-electron chi connectivity index (χ0n) is 33.9. The molecule has 16 heteroatoms. The number of carbonyl (C=O) groups excluding carboxylic acids is 1. The number of aromatic nitrogens is 2. The predicted octanol–water partition coefficient (Wildman–Crippen LogP) is 6.93. The predicted molar refractivity (Wildman–Crippen MR) is 229 cm³/mol. The molecule has 0 saturated carbocycles. The number of benzene rings is 4. The molecule has 2 saturated heterocycles. The number of ether oxygens (including phenoxy) is 4. The van der Waals surface area contributed by atoms with E-state index in [1.807, 2.05) is 78.9 Å². The van der Waals surface area contributed by atoms with E-state index in [1.165, 1.54) is 23.3 Å². The van der Waals surface area contributed by atoms with Crippen LogP contribution in [0, 0.1) is 0 Å². The third-order valence-electron chi connectivity index (χ3n) is 10.5. The summed E-state index contributed by atoms with van der Waals surface area (Å²) in [6.07, 6.45) is -1.37. The van der Waals surface area contributed by atoms with E-state index in [2.05, 4.69) is 15.4 Å². The zero-order valence-corrected chi connectivity index (χ0v) is 35.6. The SMILES string of the molecule is COc1ccc(C(Nc2ccn([C@@H]3O[C@H](COP(=O)(NC(C)C(=O)OC(C)C)Oc4ccccc4)[C@@H](O)[C@]34CCS4)c(=O)n2)(c2ccccc2)c2ccc(OC)cc2)cc1. The number of nitrogens with zero attached hydrogens (tertiary/aromatic N) is 2. The van der Waals surface area contributed by atoms with Crippen LogP contribution in [0.1, 0.15) is 50.1 Å². The highest BCUT2D eigenvalue weighted by molar-refractivity contribution is 8.02. The van der Waals surface area contributed by atoms with Gasteiger partial charge in [0, 0.05) is 6.20 Å². The Morgan fingerprint density at radius 3 is 1.98 bits per heavy atom. The summed E-state index contributed by atoms with van der Waals surface area (Å²) in [5, 5.41) is 18.1. The third kappa shape index (κ3) is 8.83. The first-order valence-electron chi connectivity index (χ1n) is 19.6. The fraction of sp³-hybridized carbons (Fsp3) is 0.341. The summed E-state index contributed by atoms with van der Waals surface area (Å²) in [5.41, 5.74) is 0.945. The molecule has 0 radical (unpaired) electrons. The molecule has 7 rings (SSSR count). The number of methoxy groups -OCH3 is 2. The standard InChI is InChI=1S/C44H49N4O10PS/c1-29(2)56-40(50)30(3)47-59(52,58-36-14-10-7-11-15-36)55-28-37-39(49)43(25-27-60-43)41(57-37)48-26-24-38(45-42(48)51)46-44(31-12-8-6-9-13-31,32-16-20-34(53-4)21-17-32)33-18-22-35(54-5)23-19-33/h6-24,26,29-30,37,39,41,49H,25,27-28H2,1-5H3,(H,47,52)(H,45,46,51)/t30?,37-,39-,41-,43-,59?/m1/s1. The molecule has 60 heavy (non-hydrogen) atoms. The van der Waals surface area contributed by atoms with Gasteiger partial charge in [-0.25, -0.2) is 9.36 Å². The van der Waals surface area contributed by atoms with Gasteiger partial charge >= 0.3 is 19.4 Å². The van der Waals surface area contributed by atoms with Crippen LogP contribution in [0.5, 0.6) is 17.2 Å². The molecule has 2 aliphatic heterocycles. The van der Waals surface area contributed by atoms with Crippen molar-refractivity contribution in [1.82, 2.24) is 14.6 Å². The van der Waals surface area contributed by atoms with E-state index >= 15 is 0 Å². The Kier molecular flexibility index (Phi) is 13.0. The molecule has 2 fully saturated rings. The van der Waals surface area contributed by atoms with Gasteiger partial charge in [0.25, 0.3) is 0 Å². The maximum Gasteiger partial charge on any atom is 0.459 e. The van der Waals surface area contributed by atoms with Crippen LogP contribution in [0.2, 0.25) is 0 Å². The van der Waals surface area contributed by atoms with Gasteiger partial charge in [-0.2, -0.15) is 10.1 Å². The minimum atomic E-state index is -4.27. The van der Waals surface area contributed by atoms with Crippen LogP contribution < -0.4 is 30.1 Å². The first-order valence-corrected chi connectivity index (χ1v) is 22.1. The smallest absolute Gasteiger partial charge is 0.459 e. The van der Waals surface area contributed by atoms with Crippen molar-refractivity contribution >= 4 is 31.3 Å². The Morgan fingerprint density at radius 1 is 0.900 bits per heavy atom. The molecule has 14 nitrogen and oxygen atoms in total. The third-order valence-corrected chi connectivity index (χ3v) is 13.8. The summed E-state index contributed by atoms with van der Waals surface area (Å²) in [4.78, 5) is 31.4. The number of para-hydroxylation sites is 1. The topological polar surface area (TPSA) is 169 Å². The second-order valence-electron chi connectivity index (χ2n) is 14.8. The Morgan fingerprint density at radius 2 is 1.47 bits per heavy atom. The largest absolute Gasteiger partial charge is 0.497 e. The number of hydrogen-bond acceptors (Lipinski definition) is 13. The maximum atomic E-state index is 14.2. The number of esters is 1. The van der Waals surface area contributed by atoms with E-state index in [1.54, 1.807) is 70.7 Å². The van der Waals surface area contributed by atoms with E-state index in [9.17, 15) is 19.3 Å². The molecular formula is C44H49N4O10PS. The average Bonchev–Trinajstić information content (AvgIpc) is 3.54. The van der Waals surface area contributed by atoms with Gasteiger partial charge in [0.05, 0.1) is 31.7 Å². The fourth-order valence-corrected chi connectivity index (χ4v) is 10.3. The molecular weight excluding hydrogens is 808 g/mol. The first kappa shape index (κ1) is 43.0. The van der Waals surface area contributed by atoms with Crippen LogP contribution in [0.4, 0.5) is 5.82 Å². The Bertz CT molecular complexity index is 2280. The highest BCUT2D eigenvalue weighted by Crippen LogP contribution is 2.57. The number of aliphatic hydroxyl groups excluding tert-OH is 1. The molecule has 0 bridgehead atoms. The number of nitrogens with one attached hydrogen (secondary N) is 2. The van der Waals surface area contributed by atoms with Gasteiger partial charge < -0.3 is 33.9 Å². The Labute approximate surface area is 353 Å². The monoisotopic (exact) mass is 856 g/mol. The molecule has 6 atom stereocenters. The van der Waals surface area contributed by atoms with Gasteiger partial charge in [0.2, 0.25) is 0 Å². The molecule has 0 amide bonds. The van der Waals surface area contributed by atoms with E-state index in [0.717, 1.165) is 22.4 Å². The van der Waals surface area contributed by atoms with Gasteiger partial charge in [0.15, 0.2) is 6.23 Å². The number of aliphatic hydroxyl groups is 1. The first-order chi connectivity index (χ1) is 28.9. The number of thioether (sulfide) groups is 1. The van der Waals surface area contributed by atoms with E-state index in [-0.39, 0.29) is 11.6 Å². The number of anilines is 1. The second kappa shape index (κ2) is 18.2. The normalized spacial score (nSPS) is 21.4. The van der Waals surface area contributed by atoms with Crippen LogP contribution in [-0.4, -0.2) is 76.3 Å². The summed E-state index contributed by atoms with van der Waals surface area (Å²) in [5.74, 6) is 1.97. The lowest BCUT2D eigenvalue weighted by molar-refractivity contribution is -0.149. The summed E-state index contributed by atoms with van der Waals surface area (Å²) >= 11 is 1.48. The summed E-state index contributed by atoms with van der Waals surface area (Å²) in [6, 6.07) is 34.3. The molecule has 3 heterocycles. The number of rotatable bonds is 17. The van der Waals surface area contributed by atoms with Crippen molar-refractivity contribution in [3.05, 3.63) is 149 Å². The van der Waals surface area contributed by atoms with Crippen molar-refractivity contribution in [3.63, 3.8) is 0 Å². The highest BCUT2D eigenvalue weighted by Gasteiger charge is 2.61. The summed E-state index contributed by atoms with van der Waals surface area (Å²) in [6.45, 7) is 4.51. The van der Waals surface area contributed by atoms with Crippen LogP contribution in [-0.2, 0) is 28.9 Å². The average molecular weight is 857 g/mol. The maximum absolute atomic E-state index is 14.2. The highest BCUT2D eigenvalue weighted by atomic mass is 32.2. The zero-order chi connectivity index (χ0) is 42.5. The molecule has 0 aliphatic carbocycles. The molecule has 1 spiro atoms. The lowest BCUT2D eigenvalue weighted by atomic mass is 9.77. The molecule has 3 N–H and O–H groups in total. The molecule has 5 aromatic rings. The number of carbonyl (C=O) groups is 1. The molecule has 1 aromatic heterocycles. The molecule has 4 aromatic carbocycles. The fourth-order valence-electron chi connectivity index (χ4n) is 7.46. The van der Waals surface area contributed by atoms with Crippen molar-refractivity contribution < 1.29 is 42.5 Å². The van der Waals surface area contributed by atoms with Crippen LogP contribution in [0.3, 0.4) is 0 Å². The van der Waals surface area contributed by atoms with Crippen molar-refractivity contribution in [2.24, 2.45) is 0 Å². The lowest BCUT2D eigenvalue weighted by Crippen LogP contribution is -2.51. The van der Waals surface area contributed by atoms with Gasteiger partial charge in [0.1, 0.15) is 46.9 Å². The van der Waals surface area contributed by atoms with Gasteiger partial charge in [-0.1, -0.05) is 72.8 Å². The van der Waals surface area contributed by atoms with Gasteiger partial charge in [-0.05, 0) is 92.1 Å². The van der Waals surface area contributed by atoms with Crippen LogP contribution in [0.25, 0.3) is 0 Å². The van der Waals surface area contributed by atoms with Crippen LogP contribution in [0.15, 0.2) is 126 Å². The molecule has 316 valence electrons. The van der Waals surface area contributed by atoms with Crippen molar-refractivity contribution in [2.75, 3.05) is 31.9 Å². The summed E-state index contributed by atoms with van der Waals surface area (Å²) < 4.78 is 49.1. The second-order valence-corrected chi connectivity index (χ2v) is 17.9. The quantitative estimate of drug-likeness (QED) is 0.0500. The van der Waals surface area contributed by atoms with Crippen molar-refractivity contribution in [3.8, 4) is 17.2 Å². The number of hydrogen-bond donors (Lipinski definition) is 3. The van der Waals surface area contributed by atoms with Crippen molar-refractivity contribution in [2.45, 2.75) is 68.1 Å². The van der Waals surface area contributed by atoms with Gasteiger partial charge in [-0.15, -0.1) is 11.8 Å². The van der Waals surface area contributed by atoms with E-state index in [0.29, 0.717) is 17.9 Å². The van der Waals surface area contributed by atoms with Crippen molar-refractivity contribution in [1.29, 1.82) is 0 Å². The van der Waals surface area contributed by atoms with E-state index < -0.39 is 66.9 Å². The Balaban J connectivity index is 1.18. The Hall–Kier alpha value is -5.15. The molecule has 2 aliphatic rings. The summed E-state index contributed by atoms with van der Waals surface area (Å²) in [7, 11) is -1.05. The van der Waals surface area contributed by atoms with E-state index in [4.69, 9.17) is 28.0 Å². The minimum Gasteiger partial charge on any atom is -0.497 e.